The largest absolute Gasteiger partial charge is 0.478 e. The van der Waals surface area contributed by atoms with Crippen molar-refractivity contribution in [1.29, 1.82) is 0 Å². The fourth-order valence-corrected chi connectivity index (χ4v) is 2.94. The third-order valence-electron chi connectivity index (χ3n) is 4.31. The van der Waals surface area contributed by atoms with Crippen molar-refractivity contribution in [3.63, 3.8) is 0 Å². The smallest absolute Gasteiger partial charge is 0.335 e. The zero-order chi connectivity index (χ0) is 17.3. The zero-order valence-corrected chi connectivity index (χ0v) is 13.8. The van der Waals surface area contributed by atoms with Crippen molar-refractivity contribution in [2.24, 2.45) is 7.05 Å². The number of carboxylic acids is 1. The Morgan fingerprint density at radius 3 is 2.58 bits per heavy atom. The molecule has 1 aromatic carbocycles. The van der Waals surface area contributed by atoms with E-state index in [1.165, 1.54) is 0 Å². The highest BCUT2D eigenvalue weighted by Gasteiger charge is 2.17. The van der Waals surface area contributed by atoms with Crippen molar-refractivity contribution in [2.75, 3.05) is 31.2 Å². The summed E-state index contributed by atoms with van der Waals surface area (Å²) in [5, 5.41) is 9.23. The highest BCUT2D eigenvalue weighted by atomic mass is 16.5. The Bertz CT molecular complexity index is 835. The highest BCUT2D eigenvalue weighted by Crippen LogP contribution is 2.27. The van der Waals surface area contributed by atoms with E-state index < -0.39 is 5.97 Å². The Morgan fingerprint density at radius 1 is 1.21 bits per heavy atom. The van der Waals surface area contributed by atoms with E-state index in [1.54, 1.807) is 36.0 Å². The van der Waals surface area contributed by atoms with E-state index in [4.69, 9.17) is 4.74 Å². The second-order valence-corrected chi connectivity index (χ2v) is 5.96. The topological polar surface area (TPSA) is 71.8 Å². The van der Waals surface area contributed by atoms with Gasteiger partial charge in [0, 0.05) is 31.9 Å². The number of morpholine rings is 1. The maximum atomic E-state index is 12.5. The van der Waals surface area contributed by atoms with E-state index in [9.17, 15) is 14.7 Å². The van der Waals surface area contributed by atoms with E-state index in [0.29, 0.717) is 32.0 Å². The summed E-state index contributed by atoms with van der Waals surface area (Å²) in [7, 11) is 1.71. The number of carbonyl (C=O) groups is 1. The summed E-state index contributed by atoms with van der Waals surface area (Å²) in [6.45, 7) is 4.47. The van der Waals surface area contributed by atoms with Gasteiger partial charge in [-0.25, -0.2) is 4.79 Å². The molecule has 0 saturated carbocycles. The van der Waals surface area contributed by atoms with Gasteiger partial charge in [0.05, 0.1) is 18.8 Å². The fraction of sp³-hybridized carbons (Fsp3) is 0.333. The zero-order valence-electron chi connectivity index (χ0n) is 13.8. The van der Waals surface area contributed by atoms with Gasteiger partial charge in [-0.3, -0.25) is 4.79 Å². The van der Waals surface area contributed by atoms with Gasteiger partial charge >= 0.3 is 5.97 Å². The predicted octanol–water partition coefficient (Wildman–Crippen LogP) is 1.90. The number of carboxylic acid groups (broad SMARTS) is 1. The second-order valence-electron chi connectivity index (χ2n) is 5.96. The molecular weight excluding hydrogens is 308 g/mol. The van der Waals surface area contributed by atoms with Crippen LogP contribution in [-0.2, 0) is 11.8 Å². The molecule has 1 saturated heterocycles. The second kappa shape index (κ2) is 6.49. The number of hydrogen-bond donors (Lipinski definition) is 1. The van der Waals surface area contributed by atoms with Crippen LogP contribution in [0.5, 0.6) is 0 Å². The number of hydrogen-bond acceptors (Lipinski definition) is 4. The van der Waals surface area contributed by atoms with Crippen molar-refractivity contribution < 1.29 is 14.6 Å². The van der Waals surface area contributed by atoms with E-state index in [2.05, 4.69) is 0 Å². The van der Waals surface area contributed by atoms with Crippen molar-refractivity contribution in [2.45, 2.75) is 6.92 Å². The molecule has 126 valence electrons. The van der Waals surface area contributed by atoms with Crippen LogP contribution in [0, 0.1) is 6.92 Å². The Hall–Kier alpha value is -2.60. The van der Waals surface area contributed by atoms with Crippen molar-refractivity contribution in [3.05, 3.63) is 51.9 Å². The van der Waals surface area contributed by atoms with Gasteiger partial charge in [0.1, 0.15) is 5.69 Å². The van der Waals surface area contributed by atoms with Crippen LogP contribution in [0.25, 0.3) is 11.1 Å². The number of ether oxygens (including phenoxy) is 1. The molecular formula is C18H20N2O4. The van der Waals surface area contributed by atoms with Crippen LogP contribution >= 0.6 is 0 Å². The lowest BCUT2D eigenvalue weighted by Gasteiger charge is -2.28. The molecule has 6 nitrogen and oxygen atoms in total. The fourth-order valence-electron chi connectivity index (χ4n) is 2.94. The van der Waals surface area contributed by atoms with Gasteiger partial charge in [-0.15, -0.1) is 0 Å². The summed E-state index contributed by atoms with van der Waals surface area (Å²) >= 11 is 0. The van der Waals surface area contributed by atoms with Crippen LogP contribution in [0.1, 0.15) is 15.9 Å². The molecule has 1 aliphatic heterocycles. The predicted molar refractivity (Wildman–Crippen MR) is 91.8 cm³/mol. The lowest BCUT2D eigenvalue weighted by Crippen LogP contribution is -2.40. The minimum absolute atomic E-state index is 0.0623. The van der Waals surface area contributed by atoms with Gasteiger partial charge < -0.3 is 19.3 Å². The first kappa shape index (κ1) is 16.3. The first-order valence-electron chi connectivity index (χ1n) is 7.85. The number of aromatic nitrogens is 1. The van der Waals surface area contributed by atoms with Crippen LogP contribution in [0.3, 0.4) is 0 Å². The van der Waals surface area contributed by atoms with Crippen LogP contribution in [0.15, 0.2) is 35.3 Å². The average molecular weight is 328 g/mol. The molecule has 1 aromatic heterocycles. The summed E-state index contributed by atoms with van der Waals surface area (Å²) in [5.41, 5.74) is 3.41. The third-order valence-corrected chi connectivity index (χ3v) is 4.31. The maximum Gasteiger partial charge on any atom is 0.335 e. The SMILES string of the molecule is Cc1ccc(C(=O)O)cc1-c1cc(N2CCOCC2)c(=O)n(C)c1. The van der Waals surface area contributed by atoms with Crippen molar-refractivity contribution >= 4 is 11.7 Å². The molecule has 2 aromatic rings. The number of rotatable bonds is 3. The average Bonchev–Trinajstić information content (AvgIpc) is 2.58. The van der Waals surface area contributed by atoms with Gasteiger partial charge in [-0.2, -0.15) is 0 Å². The highest BCUT2D eigenvalue weighted by molar-refractivity contribution is 5.90. The van der Waals surface area contributed by atoms with Gasteiger partial charge in [0.25, 0.3) is 5.56 Å². The van der Waals surface area contributed by atoms with Crippen LogP contribution in [-0.4, -0.2) is 41.9 Å². The van der Waals surface area contributed by atoms with Gasteiger partial charge in [-0.1, -0.05) is 6.07 Å². The van der Waals surface area contributed by atoms with Gasteiger partial charge in [0.15, 0.2) is 0 Å². The Balaban J connectivity index is 2.12. The number of benzene rings is 1. The Morgan fingerprint density at radius 2 is 1.92 bits per heavy atom. The molecule has 1 aliphatic rings. The van der Waals surface area contributed by atoms with E-state index >= 15 is 0 Å². The van der Waals surface area contributed by atoms with Gasteiger partial charge in [-0.05, 0) is 36.2 Å². The molecule has 24 heavy (non-hydrogen) atoms. The Kier molecular flexibility index (Phi) is 4.40. The van der Waals surface area contributed by atoms with E-state index in [1.807, 2.05) is 17.9 Å². The lowest BCUT2D eigenvalue weighted by atomic mass is 9.99. The lowest BCUT2D eigenvalue weighted by molar-refractivity contribution is 0.0697. The molecule has 0 radical (unpaired) electrons. The normalized spacial score (nSPS) is 14.7. The maximum absolute atomic E-state index is 12.5. The standard InChI is InChI=1S/C18H20N2O4/c1-12-3-4-13(18(22)23)9-15(12)14-10-16(17(21)19(2)11-14)20-5-7-24-8-6-20/h3-4,9-11H,5-8H2,1-2H3,(H,22,23). The molecule has 0 spiro atoms. The molecule has 0 amide bonds. The van der Waals surface area contributed by atoms with Crippen molar-refractivity contribution in [1.82, 2.24) is 4.57 Å². The van der Waals surface area contributed by atoms with Gasteiger partial charge in [0.2, 0.25) is 0 Å². The van der Waals surface area contributed by atoms with E-state index in [-0.39, 0.29) is 11.1 Å². The summed E-state index contributed by atoms with van der Waals surface area (Å²) in [6.07, 6.45) is 1.75. The molecule has 0 bridgehead atoms. The Labute approximate surface area is 139 Å². The van der Waals surface area contributed by atoms with Crippen LogP contribution in [0.2, 0.25) is 0 Å². The quantitative estimate of drug-likeness (QED) is 0.932. The minimum Gasteiger partial charge on any atom is -0.478 e. The monoisotopic (exact) mass is 328 g/mol. The van der Waals surface area contributed by atoms with Crippen molar-refractivity contribution in [3.8, 4) is 11.1 Å². The number of pyridine rings is 1. The molecule has 3 rings (SSSR count). The summed E-state index contributed by atoms with van der Waals surface area (Å²) in [6, 6.07) is 6.88. The third kappa shape index (κ3) is 3.05. The van der Waals surface area contributed by atoms with Crippen LogP contribution < -0.4 is 10.5 Å². The first-order chi connectivity index (χ1) is 11.5. The minimum atomic E-state index is -0.963. The molecule has 1 N–H and O–H groups in total. The summed E-state index contributed by atoms with van der Waals surface area (Å²) in [4.78, 5) is 25.8. The first-order valence-corrected chi connectivity index (χ1v) is 7.85. The molecule has 1 fully saturated rings. The molecule has 2 heterocycles. The molecule has 6 heteroatoms. The van der Waals surface area contributed by atoms with E-state index in [0.717, 1.165) is 16.7 Å². The number of anilines is 1. The summed E-state index contributed by atoms with van der Waals surface area (Å²) in [5.74, 6) is -0.963. The number of nitrogens with zero attached hydrogens (tertiary/aromatic N) is 2. The molecule has 0 unspecified atom stereocenters. The molecule has 0 atom stereocenters. The number of aryl methyl sites for hydroxylation is 2. The molecule has 0 aliphatic carbocycles. The number of aromatic carboxylic acids is 1. The summed E-state index contributed by atoms with van der Waals surface area (Å²) < 4.78 is 6.90. The van der Waals surface area contributed by atoms with Crippen LogP contribution in [0.4, 0.5) is 5.69 Å².